The molecule has 3 rings (SSSR count). The molecule has 3 aromatic rings. The molecule has 0 bridgehead atoms. The Balaban J connectivity index is 1.76. The van der Waals surface area contributed by atoms with Gasteiger partial charge in [-0.15, -0.1) is 0 Å². The lowest BCUT2D eigenvalue weighted by Crippen LogP contribution is -1.91. The van der Waals surface area contributed by atoms with Gasteiger partial charge in [-0.1, -0.05) is 24.8 Å². The van der Waals surface area contributed by atoms with E-state index in [2.05, 4.69) is 44.0 Å². The van der Waals surface area contributed by atoms with E-state index in [0.717, 1.165) is 28.4 Å². The molecule has 0 amide bonds. The highest BCUT2D eigenvalue weighted by Gasteiger charge is 2.06. The molecule has 0 saturated heterocycles. The van der Waals surface area contributed by atoms with Crippen LogP contribution < -0.4 is 0 Å². The first kappa shape index (κ1) is 12.1. The number of nitrogens with one attached hydrogen (secondary N) is 1. The van der Waals surface area contributed by atoms with Crippen molar-refractivity contribution in [2.24, 2.45) is 0 Å². The molecule has 0 fully saturated rings. The zero-order valence-electron chi connectivity index (χ0n) is 10.5. The summed E-state index contributed by atoms with van der Waals surface area (Å²) in [6, 6.07) is 4.19. The van der Waals surface area contributed by atoms with Gasteiger partial charge in [-0.25, -0.2) is 15.0 Å². The van der Waals surface area contributed by atoms with Crippen LogP contribution in [0.3, 0.4) is 0 Å². The van der Waals surface area contributed by atoms with E-state index in [0.29, 0.717) is 5.65 Å². The Morgan fingerprint density at radius 1 is 1.16 bits per heavy atom. The number of hydrogen-bond donors (Lipinski definition) is 1. The number of thioether (sulfide) groups is 1. The van der Waals surface area contributed by atoms with Crippen LogP contribution >= 0.6 is 11.8 Å². The van der Waals surface area contributed by atoms with Crippen molar-refractivity contribution in [1.29, 1.82) is 0 Å². The summed E-state index contributed by atoms with van der Waals surface area (Å²) in [5, 5.41) is 0.906. The van der Waals surface area contributed by atoms with E-state index in [-0.39, 0.29) is 0 Å². The number of aryl methyl sites for hydroxylation is 1. The number of pyridine rings is 1. The van der Waals surface area contributed by atoms with Crippen LogP contribution in [0.5, 0.6) is 0 Å². The highest BCUT2D eigenvalue weighted by Crippen LogP contribution is 2.24. The Kier molecular flexibility index (Phi) is 3.41. The number of fused-ring (bicyclic) bond motifs is 1. The molecule has 3 heterocycles. The molecule has 0 atom stereocenters. The van der Waals surface area contributed by atoms with Gasteiger partial charge in [0.2, 0.25) is 0 Å². The molecular formula is C13H13N5S. The van der Waals surface area contributed by atoms with Gasteiger partial charge in [-0.2, -0.15) is 0 Å². The molecule has 3 aromatic heterocycles. The van der Waals surface area contributed by atoms with Gasteiger partial charge in [0, 0.05) is 11.9 Å². The van der Waals surface area contributed by atoms with Crippen LogP contribution in [0.2, 0.25) is 0 Å². The second-order valence-corrected chi connectivity index (χ2v) is 5.04. The maximum Gasteiger partial charge on any atom is 0.181 e. The Morgan fingerprint density at radius 3 is 2.89 bits per heavy atom. The van der Waals surface area contributed by atoms with Gasteiger partial charge in [-0.3, -0.25) is 4.98 Å². The normalized spacial score (nSPS) is 11.0. The monoisotopic (exact) mass is 271 g/mol. The first-order valence-corrected chi connectivity index (χ1v) is 7.06. The average Bonchev–Trinajstić information content (AvgIpc) is 2.94. The summed E-state index contributed by atoms with van der Waals surface area (Å²) < 4.78 is 0. The van der Waals surface area contributed by atoms with Gasteiger partial charge in [0.15, 0.2) is 5.65 Å². The van der Waals surface area contributed by atoms with Crippen molar-refractivity contribution in [2.75, 3.05) is 0 Å². The van der Waals surface area contributed by atoms with Crippen molar-refractivity contribution in [3.8, 4) is 0 Å². The smallest absolute Gasteiger partial charge is 0.181 e. The largest absolute Gasteiger partial charge is 0.341 e. The molecule has 96 valence electrons. The maximum atomic E-state index is 4.44. The third kappa shape index (κ3) is 2.58. The Labute approximate surface area is 114 Å². The standard InChI is InChI=1S/C13H13N5S/c1-2-9-3-4-10(14-5-9)6-19-13-11-12(16-7-15-11)17-8-18-13/h3-5,7-8H,2,6H2,1H3,(H,15,16,17,18). The van der Waals surface area contributed by atoms with E-state index in [9.17, 15) is 0 Å². The van der Waals surface area contributed by atoms with Gasteiger partial charge in [0.25, 0.3) is 0 Å². The maximum absolute atomic E-state index is 4.44. The van der Waals surface area contributed by atoms with Crippen LogP contribution in [-0.4, -0.2) is 24.9 Å². The van der Waals surface area contributed by atoms with Crippen molar-refractivity contribution < 1.29 is 0 Å². The van der Waals surface area contributed by atoms with E-state index in [1.165, 1.54) is 5.56 Å². The van der Waals surface area contributed by atoms with Crippen LogP contribution in [0.25, 0.3) is 11.2 Å². The predicted molar refractivity (Wildman–Crippen MR) is 74.9 cm³/mol. The summed E-state index contributed by atoms with van der Waals surface area (Å²) in [7, 11) is 0. The molecule has 0 saturated carbocycles. The molecule has 0 radical (unpaired) electrons. The van der Waals surface area contributed by atoms with Crippen molar-refractivity contribution in [1.82, 2.24) is 24.9 Å². The third-order valence-corrected chi connectivity index (χ3v) is 3.86. The Bertz CT molecular complexity index is 677. The predicted octanol–water partition coefficient (Wildman–Crippen LogP) is 2.60. The van der Waals surface area contributed by atoms with Gasteiger partial charge in [-0.05, 0) is 18.1 Å². The average molecular weight is 271 g/mol. The number of imidazole rings is 1. The zero-order chi connectivity index (χ0) is 13.1. The van der Waals surface area contributed by atoms with E-state index >= 15 is 0 Å². The van der Waals surface area contributed by atoms with Crippen molar-refractivity contribution in [2.45, 2.75) is 24.1 Å². The summed E-state index contributed by atoms with van der Waals surface area (Å²) in [6.07, 6.45) is 6.12. The zero-order valence-corrected chi connectivity index (χ0v) is 11.3. The van der Waals surface area contributed by atoms with E-state index in [1.807, 2.05) is 6.20 Å². The van der Waals surface area contributed by atoms with Crippen LogP contribution in [0.1, 0.15) is 18.2 Å². The lowest BCUT2D eigenvalue weighted by molar-refractivity contribution is 1.06. The highest BCUT2D eigenvalue weighted by atomic mass is 32.2. The van der Waals surface area contributed by atoms with Crippen molar-refractivity contribution >= 4 is 22.9 Å². The lowest BCUT2D eigenvalue weighted by atomic mass is 10.2. The molecule has 0 aliphatic rings. The molecule has 0 aliphatic heterocycles. The molecule has 0 spiro atoms. The fourth-order valence-corrected chi connectivity index (χ4v) is 2.62. The minimum Gasteiger partial charge on any atom is -0.341 e. The Hall–Kier alpha value is -1.95. The molecular weight excluding hydrogens is 258 g/mol. The minimum absolute atomic E-state index is 0.701. The van der Waals surface area contributed by atoms with Gasteiger partial charge in [0.1, 0.15) is 16.9 Å². The number of hydrogen-bond acceptors (Lipinski definition) is 5. The quantitative estimate of drug-likeness (QED) is 0.583. The fraction of sp³-hybridized carbons (Fsp3) is 0.231. The summed E-state index contributed by atoms with van der Waals surface area (Å²) in [4.78, 5) is 20.0. The number of rotatable bonds is 4. The second kappa shape index (κ2) is 5.36. The van der Waals surface area contributed by atoms with Crippen LogP contribution in [0.4, 0.5) is 0 Å². The van der Waals surface area contributed by atoms with E-state index in [4.69, 9.17) is 0 Å². The number of nitrogens with zero attached hydrogens (tertiary/aromatic N) is 4. The van der Waals surface area contributed by atoms with Gasteiger partial charge < -0.3 is 4.98 Å². The van der Waals surface area contributed by atoms with Crippen molar-refractivity contribution in [3.63, 3.8) is 0 Å². The summed E-state index contributed by atoms with van der Waals surface area (Å²) in [5.41, 5.74) is 3.89. The third-order valence-electron chi connectivity index (χ3n) is 2.84. The summed E-state index contributed by atoms with van der Waals surface area (Å²) >= 11 is 1.64. The SMILES string of the molecule is CCc1ccc(CSc2ncnc3nc[nH]c23)nc1. The number of H-pyrrole nitrogens is 1. The first-order chi connectivity index (χ1) is 9.36. The molecule has 1 N–H and O–H groups in total. The van der Waals surface area contributed by atoms with Crippen LogP contribution in [-0.2, 0) is 12.2 Å². The molecule has 0 aromatic carbocycles. The number of aromatic nitrogens is 5. The second-order valence-electron chi connectivity index (χ2n) is 4.08. The van der Waals surface area contributed by atoms with Crippen molar-refractivity contribution in [3.05, 3.63) is 42.2 Å². The van der Waals surface area contributed by atoms with Crippen LogP contribution in [0, 0.1) is 0 Å². The van der Waals surface area contributed by atoms with Gasteiger partial charge in [0.05, 0.1) is 12.0 Å². The van der Waals surface area contributed by atoms with E-state index < -0.39 is 0 Å². The highest BCUT2D eigenvalue weighted by molar-refractivity contribution is 7.98. The van der Waals surface area contributed by atoms with E-state index in [1.54, 1.807) is 24.4 Å². The summed E-state index contributed by atoms with van der Waals surface area (Å²) in [5.74, 6) is 0.787. The molecule has 0 unspecified atom stereocenters. The van der Waals surface area contributed by atoms with Crippen LogP contribution in [0.15, 0.2) is 36.0 Å². The molecule has 19 heavy (non-hydrogen) atoms. The minimum atomic E-state index is 0.701. The number of aromatic amines is 1. The van der Waals surface area contributed by atoms with Gasteiger partial charge >= 0.3 is 0 Å². The fourth-order valence-electron chi connectivity index (χ4n) is 1.74. The molecule has 6 heteroatoms. The summed E-state index contributed by atoms with van der Waals surface area (Å²) in [6.45, 7) is 2.13. The first-order valence-electron chi connectivity index (χ1n) is 6.07. The lowest BCUT2D eigenvalue weighted by Gasteiger charge is -2.02. The molecule has 0 aliphatic carbocycles. The molecule has 5 nitrogen and oxygen atoms in total. The Morgan fingerprint density at radius 2 is 2.11 bits per heavy atom. The topological polar surface area (TPSA) is 67.3 Å².